The Bertz CT molecular complexity index is 798. The Morgan fingerprint density at radius 1 is 1.12 bits per heavy atom. The van der Waals surface area contributed by atoms with Gasteiger partial charge in [-0.15, -0.1) is 0 Å². The van der Waals surface area contributed by atoms with Crippen molar-refractivity contribution in [2.75, 3.05) is 18.4 Å². The fourth-order valence-corrected chi connectivity index (χ4v) is 2.84. The number of aliphatic carboxylic acids is 1. The summed E-state index contributed by atoms with van der Waals surface area (Å²) in [7, 11) is 0. The third kappa shape index (κ3) is 3.29. The average Bonchev–Trinajstić information content (AvgIpc) is 2.56. The third-order valence-electron chi connectivity index (χ3n) is 4.46. The van der Waals surface area contributed by atoms with Crippen LogP contribution in [0.15, 0.2) is 18.2 Å². The van der Waals surface area contributed by atoms with Gasteiger partial charge in [-0.1, -0.05) is 0 Å². The summed E-state index contributed by atoms with van der Waals surface area (Å²) >= 11 is 0. The molecule has 1 aromatic carbocycles. The number of carboxylic acids is 1. The predicted molar refractivity (Wildman–Crippen MR) is 90.0 cm³/mol. The van der Waals surface area contributed by atoms with Crippen LogP contribution in [0.5, 0.6) is 0 Å². The number of benzene rings is 1. The summed E-state index contributed by atoms with van der Waals surface area (Å²) in [5.41, 5.74) is 3.94. The monoisotopic (exact) mass is 328 g/mol. The van der Waals surface area contributed by atoms with Gasteiger partial charge in [0.05, 0.1) is 28.3 Å². The number of carbonyl (C=O) groups is 2. The molecule has 3 rings (SSSR count). The highest BCUT2D eigenvalue weighted by molar-refractivity contribution is 5.92. The standard InChI is InChI=1S/C17H20N4O3/c1-10-11(2)19-15-9-13(3-4-14(15)18-10)20-17(24)21-7-5-12(6-8-21)16(22)23/h3-4,9,12H,5-8H2,1-2H3,(H,20,24)(H,22,23). The first-order valence-corrected chi connectivity index (χ1v) is 7.98. The van der Waals surface area contributed by atoms with Gasteiger partial charge in [-0.25, -0.2) is 14.8 Å². The van der Waals surface area contributed by atoms with Crippen molar-refractivity contribution in [2.24, 2.45) is 5.92 Å². The molecular formula is C17H20N4O3. The highest BCUT2D eigenvalue weighted by Crippen LogP contribution is 2.20. The summed E-state index contributed by atoms with van der Waals surface area (Å²) in [6, 6.07) is 5.22. The summed E-state index contributed by atoms with van der Waals surface area (Å²) in [5.74, 6) is -1.13. The molecule has 1 aliphatic heterocycles. The number of rotatable bonds is 2. The minimum absolute atomic E-state index is 0.213. The number of aromatic nitrogens is 2. The number of aryl methyl sites for hydroxylation is 2. The van der Waals surface area contributed by atoms with Gasteiger partial charge in [0.2, 0.25) is 0 Å². The van der Waals surface area contributed by atoms with Crippen LogP contribution in [0.1, 0.15) is 24.2 Å². The summed E-state index contributed by atoms with van der Waals surface area (Å²) < 4.78 is 0. The molecule has 2 aromatic rings. The number of anilines is 1. The number of urea groups is 1. The fraction of sp³-hybridized carbons (Fsp3) is 0.412. The first kappa shape index (κ1) is 16.2. The van der Waals surface area contributed by atoms with Gasteiger partial charge in [0.15, 0.2) is 0 Å². The number of hydrogen-bond donors (Lipinski definition) is 2. The SMILES string of the molecule is Cc1nc2ccc(NC(=O)N3CCC(C(=O)O)CC3)cc2nc1C. The van der Waals surface area contributed by atoms with Crippen molar-refractivity contribution < 1.29 is 14.7 Å². The van der Waals surface area contributed by atoms with E-state index in [0.717, 1.165) is 22.4 Å². The minimum atomic E-state index is -0.783. The smallest absolute Gasteiger partial charge is 0.321 e. The number of nitrogens with one attached hydrogen (secondary N) is 1. The van der Waals surface area contributed by atoms with Crippen molar-refractivity contribution in [3.05, 3.63) is 29.6 Å². The maximum absolute atomic E-state index is 12.3. The minimum Gasteiger partial charge on any atom is -0.481 e. The Balaban J connectivity index is 1.69. The maximum atomic E-state index is 12.3. The zero-order valence-electron chi connectivity index (χ0n) is 13.7. The Morgan fingerprint density at radius 3 is 2.38 bits per heavy atom. The highest BCUT2D eigenvalue weighted by atomic mass is 16.4. The van der Waals surface area contributed by atoms with E-state index >= 15 is 0 Å². The molecule has 1 aliphatic rings. The van der Waals surface area contributed by atoms with Gasteiger partial charge in [0.1, 0.15) is 0 Å². The van der Waals surface area contributed by atoms with E-state index in [1.54, 1.807) is 17.0 Å². The van der Waals surface area contributed by atoms with Gasteiger partial charge < -0.3 is 15.3 Å². The van der Waals surface area contributed by atoms with Crippen LogP contribution in [0.3, 0.4) is 0 Å². The largest absolute Gasteiger partial charge is 0.481 e. The Hall–Kier alpha value is -2.70. The second-order valence-electron chi connectivity index (χ2n) is 6.13. The number of carbonyl (C=O) groups excluding carboxylic acids is 1. The molecule has 1 saturated heterocycles. The van der Waals surface area contributed by atoms with Gasteiger partial charge in [-0.2, -0.15) is 0 Å². The van der Waals surface area contributed by atoms with Gasteiger partial charge >= 0.3 is 12.0 Å². The van der Waals surface area contributed by atoms with Crippen LogP contribution >= 0.6 is 0 Å². The number of hydrogen-bond acceptors (Lipinski definition) is 4. The van der Waals surface area contributed by atoms with E-state index in [0.29, 0.717) is 31.6 Å². The number of carboxylic acid groups (broad SMARTS) is 1. The number of piperidine rings is 1. The van der Waals surface area contributed by atoms with Gasteiger partial charge in [0.25, 0.3) is 0 Å². The van der Waals surface area contributed by atoms with E-state index in [-0.39, 0.29) is 11.9 Å². The van der Waals surface area contributed by atoms with Crippen molar-refractivity contribution in [1.82, 2.24) is 14.9 Å². The Labute approximate surface area is 139 Å². The number of nitrogens with zero attached hydrogens (tertiary/aromatic N) is 3. The normalized spacial score (nSPS) is 15.5. The molecule has 7 heteroatoms. The molecule has 7 nitrogen and oxygen atoms in total. The summed E-state index contributed by atoms with van der Waals surface area (Å²) in [4.78, 5) is 33.9. The quantitative estimate of drug-likeness (QED) is 0.883. The van der Waals surface area contributed by atoms with E-state index in [2.05, 4.69) is 15.3 Å². The van der Waals surface area contributed by atoms with Gasteiger partial charge in [-0.05, 0) is 44.9 Å². The lowest BCUT2D eigenvalue weighted by atomic mass is 9.97. The Kier molecular flexibility index (Phi) is 4.33. The molecule has 0 saturated carbocycles. The van der Waals surface area contributed by atoms with Crippen LogP contribution in [0.25, 0.3) is 11.0 Å². The molecule has 0 spiro atoms. The molecule has 2 N–H and O–H groups in total. The molecule has 1 fully saturated rings. The second-order valence-corrected chi connectivity index (χ2v) is 6.13. The van der Waals surface area contributed by atoms with Crippen molar-refractivity contribution in [3.63, 3.8) is 0 Å². The molecule has 0 atom stereocenters. The first-order chi connectivity index (χ1) is 11.4. The van der Waals surface area contributed by atoms with E-state index in [9.17, 15) is 9.59 Å². The van der Waals surface area contributed by atoms with Crippen LogP contribution in [0.4, 0.5) is 10.5 Å². The molecule has 0 unspecified atom stereocenters. The molecule has 24 heavy (non-hydrogen) atoms. The molecule has 0 aliphatic carbocycles. The lowest BCUT2D eigenvalue weighted by Crippen LogP contribution is -2.42. The van der Waals surface area contributed by atoms with Crippen LogP contribution in [0, 0.1) is 19.8 Å². The molecule has 2 heterocycles. The van der Waals surface area contributed by atoms with Gasteiger partial charge in [-0.3, -0.25) is 4.79 Å². The molecule has 0 bridgehead atoms. The average molecular weight is 328 g/mol. The second kappa shape index (κ2) is 6.43. The highest BCUT2D eigenvalue weighted by Gasteiger charge is 2.26. The maximum Gasteiger partial charge on any atom is 0.321 e. The lowest BCUT2D eigenvalue weighted by Gasteiger charge is -2.30. The van der Waals surface area contributed by atoms with Crippen LogP contribution < -0.4 is 5.32 Å². The fourth-order valence-electron chi connectivity index (χ4n) is 2.84. The van der Waals surface area contributed by atoms with Crippen molar-refractivity contribution in [1.29, 1.82) is 0 Å². The molecular weight excluding hydrogens is 308 g/mol. The first-order valence-electron chi connectivity index (χ1n) is 7.98. The molecule has 2 amide bonds. The molecule has 0 radical (unpaired) electrons. The number of fused-ring (bicyclic) bond motifs is 1. The van der Waals surface area contributed by atoms with Crippen molar-refractivity contribution in [2.45, 2.75) is 26.7 Å². The van der Waals surface area contributed by atoms with Crippen LogP contribution in [0.2, 0.25) is 0 Å². The van der Waals surface area contributed by atoms with Crippen LogP contribution in [-0.2, 0) is 4.79 Å². The number of likely N-dealkylation sites (tertiary alicyclic amines) is 1. The molecule has 126 valence electrons. The number of amides is 2. The van der Waals surface area contributed by atoms with Crippen molar-refractivity contribution >= 4 is 28.7 Å². The predicted octanol–water partition coefficient (Wildman–Crippen LogP) is 2.58. The Morgan fingerprint density at radius 2 is 1.75 bits per heavy atom. The topological polar surface area (TPSA) is 95.4 Å². The van der Waals surface area contributed by atoms with Gasteiger partial charge in [0, 0.05) is 18.8 Å². The van der Waals surface area contributed by atoms with Crippen molar-refractivity contribution in [3.8, 4) is 0 Å². The lowest BCUT2D eigenvalue weighted by molar-refractivity contribution is -0.143. The summed E-state index contributed by atoms with van der Waals surface area (Å²) in [5, 5.41) is 11.9. The van der Waals surface area contributed by atoms with E-state index < -0.39 is 5.97 Å². The third-order valence-corrected chi connectivity index (χ3v) is 4.46. The van der Waals surface area contributed by atoms with E-state index in [1.807, 2.05) is 19.9 Å². The zero-order chi connectivity index (χ0) is 17.3. The van der Waals surface area contributed by atoms with E-state index in [4.69, 9.17) is 5.11 Å². The van der Waals surface area contributed by atoms with Crippen LogP contribution in [-0.4, -0.2) is 45.1 Å². The van der Waals surface area contributed by atoms with E-state index in [1.165, 1.54) is 0 Å². The summed E-state index contributed by atoms with van der Waals surface area (Å²) in [6.45, 7) is 4.72. The summed E-state index contributed by atoms with van der Waals surface area (Å²) in [6.07, 6.45) is 0.981. The zero-order valence-corrected chi connectivity index (χ0v) is 13.7. The molecule has 1 aromatic heterocycles.